The van der Waals surface area contributed by atoms with Crippen molar-refractivity contribution >= 4 is 28.0 Å². The lowest BCUT2D eigenvalue weighted by Crippen LogP contribution is -2.36. The molecule has 0 saturated carbocycles. The average molecular weight is 272 g/mol. The SMILES string of the molecule is CCN(CC)C(C(N)=S)c1cccc2ccccc12. The number of hydrogen-bond acceptors (Lipinski definition) is 2. The molecule has 0 radical (unpaired) electrons. The summed E-state index contributed by atoms with van der Waals surface area (Å²) < 4.78 is 0. The van der Waals surface area contributed by atoms with E-state index in [1.54, 1.807) is 0 Å². The average Bonchev–Trinajstić information content (AvgIpc) is 2.44. The summed E-state index contributed by atoms with van der Waals surface area (Å²) in [4.78, 5) is 2.84. The van der Waals surface area contributed by atoms with Gasteiger partial charge in [0.25, 0.3) is 0 Å². The molecule has 0 spiro atoms. The zero-order valence-corrected chi connectivity index (χ0v) is 12.3. The molecule has 0 bridgehead atoms. The standard InChI is InChI=1S/C16H20N2S/c1-3-18(4-2)15(16(17)19)14-11-7-9-12-8-5-6-10-13(12)14/h5-11,15H,3-4H2,1-2H3,(H2,17,19). The van der Waals surface area contributed by atoms with Gasteiger partial charge in [0.05, 0.1) is 11.0 Å². The molecule has 2 nitrogen and oxygen atoms in total. The summed E-state index contributed by atoms with van der Waals surface area (Å²) in [5, 5.41) is 2.46. The number of benzene rings is 2. The van der Waals surface area contributed by atoms with Gasteiger partial charge in [0.15, 0.2) is 0 Å². The molecule has 1 unspecified atom stereocenters. The molecule has 1 atom stereocenters. The Hall–Kier alpha value is -1.45. The molecule has 2 rings (SSSR count). The van der Waals surface area contributed by atoms with Gasteiger partial charge in [-0.2, -0.15) is 0 Å². The van der Waals surface area contributed by atoms with E-state index in [4.69, 9.17) is 18.0 Å². The number of nitrogens with two attached hydrogens (primary N) is 1. The van der Waals surface area contributed by atoms with Crippen molar-refractivity contribution in [3.8, 4) is 0 Å². The van der Waals surface area contributed by atoms with E-state index >= 15 is 0 Å². The summed E-state index contributed by atoms with van der Waals surface area (Å²) in [5.74, 6) is 0. The third-order valence-electron chi connectivity index (χ3n) is 3.56. The second-order valence-electron chi connectivity index (χ2n) is 4.59. The van der Waals surface area contributed by atoms with Gasteiger partial charge >= 0.3 is 0 Å². The molecule has 0 heterocycles. The van der Waals surface area contributed by atoms with E-state index in [0.717, 1.165) is 13.1 Å². The molecule has 0 aromatic heterocycles. The van der Waals surface area contributed by atoms with Crippen molar-refractivity contribution in [3.63, 3.8) is 0 Å². The highest BCUT2D eigenvalue weighted by Gasteiger charge is 2.22. The molecule has 0 aliphatic heterocycles. The van der Waals surface area contributed by atoms with Crippen LogP contribution in [0.4, 0.5) is 0 Å². The summed E-state index contributed by atoms with van der Waals surface area (Å²) >= 11 is 5.31. The highest BCUT2D eigenvalue weighted by atomic mass is 32.1. The van der Waals surface area contributed by atoms with Gasteiger partial charge in [-0.15, -0.1) is 0 Å². The quantitative estimate of drug-likeness (QED) is 0.845. The molecule has 0 amide bonds. The van der Waals surface area contributed by atoms with Gasteiger partial charge in [-0.25, -0.2) is 0 Å². The lowest BCUT2D eigenvalue weighted by molar-refractivity contribution is 0.273. The number of likely N-dealkylation sites (N-methyl/N-ethyl adjacent to an activating group) is 1. The number of fused-ring (bicyclic) bond motifs is 1. The maximum absolute atomic E-state index is 6.00. The van der Waals surface area contributed by atoms with Crippen LogP contribution in [0.15, 0.2) is 42.5 Å². The maximum Gasteiger partial charge on any atom is 0.0948 e. The molecular weight excluding hydrogens is 252 g/mol. The van der Waals surface area contributed by atoms with Crippen molar-refractivity contribution in [2.24, 2.45) is 5.73 Å². The summed E-state index contributed by atoms with van der Waals surface area (Å²) in [5.41, 5.74) is 7.20. The van der Waals surface area contributed by atoms with Crippen LogP contribution in [0.25, 0.3) is 10.8 Å². The zero-order valence-electron chi connectivity index (χ0n) is 11.5. The predicted octanol–water partition coefficient (Wildman–Crippen LogP) is 3.51. The van der Waals surface area contributed by atoms with Gasteiger partial charge in [0.2, 0.25) is 0 Å². The Kier molecular flexibility index (Phi) is 4.51. The first kappa shape index (κ1) is 14.0. The van der Waals surface area contributed by atoms with E-state index in [2.05, 4.69) is 61.2 Å². The Labute approximate surface area is 120 Å². The van der Waals surface area contributed by atoms with Crippen molar-refractivity contribution in [3.05, 3.63) is 48.0 Å². The molecule has 0 aliphatic rings. The largest absolute Gasteiger partial charge is 0.392 e. The molecule has 2 N–H and O–H groups in total. The second-order valence-corrected chi connectivity index (χ2v) is 5.07. The molecular formula is C16H20N2S. The smallest absolute Gasteiger partial charge is 0.0948 e. The highest BCUT2D eigenvalue weighted by molar-refractivity contribution is 7.80. The number of hydrogen-bond donors (Lipinski definition) is 1. The summed E-state index contributed by atoms with van der Waals surface area (Å²) in [6, 6.07) is 14.7. The van der Waals surface area contributed by atoms with Crippen LogP contribution in [0.3, 0.4) is 0 Å². The minimum absolute atomic E-state index is 0.0103. The molecule has 3 heteroatoms. The summed E-state index contributed by atoms with van der Waals surface area (Å²) in [6.45, 7) is 6.14. The molecule has 2 aromatic rings. The van der Waals surface area contributed by atoms with Crippen molar-refractivity contribution in [2.45, 2.75) is 19.9 Å². The van der Waals surface area contributed by atoms with E-state index in [1.807, 2.05) is 0 Å². The normalized spacial score (nSPS) is 12.8. The maximum atomic E-state index is 6.00. The van der Waals surface area contributed by atoms with E-state index in [-0.39, 0.29) is 6.04 Å². The molecule has 100 valence electrons. The van der Waals surface area contributed by atoms with Gasteiger partial charge in [-0.3, -0.25) is 4.90 Å². The Bertz CT molecular complexity index is 570. The fourth-order valence-corrected chi connectivity index (χ4v) is 2.88. The van der Waals surface area contributed by atoms with Crippen LogP contribution >= 0.6 is 12.2 Å². The van der Waals surface area contributed by atoms with Gasteiger partial charge < -0.3 is 5.73 Å². The van der Waals surface area contributed by atoms with Crippen molar-refractivity contribution in [1.29, 1.82) is 0 Å². The highest BCUT2D eigenvalue weighted by Crippen LogP contribution is 2.28. The van der Waals surface area contributed by atoms with Gasteiger partial charge in [-0.05, 0) is 29.4 Å². The molecule has 0 aliphatic carbocycles. The van der Waals surface area contributed by atoms with Gasteiger partial charge in [-0.1, -0.05) is 68.5 Å². The van der Waals surface area contributed by atoms with Crippen molar-refractivity contribution < 1.29 is 0 Å². The molecule has 19 heavy (non-hydrogen) atoms. The van der Waals surface area contributed by atoms with Gasteiger partial charge in [0, 0.05) is 0 Å². The predicted molar refractivity (Wildman–Crippen MR) is 86.4 cm³/mol. The first-order valence-corrected chi connectivity index (χ1v) is 7.10. The molecule has 2 aromatic carbocycles. The van der Waals surface area contributed by atoms with Crippen LogP contribution in [-0.4, -0.2) is 23.0 Å². The molecule has 0 saturated heterocycles. The van der Waals surface area contributed by atoms with Crippen LogP contribution in [-0.2, 0) is 0 Å². The fraction of sp³-hybridized carbons (Fsp3) is 0.312. The molecule has 0 fully saturated rings. The lowest BCUT2D eigenvalue weighted by Gasteiger charge is -2.30. The van der Waals surface area contributed by atoms with Crippen LogP contribution in [0.2, 0.25) is 0 Å². The second kappa shape index (κ2) is 6.13. The first-order valence-electron chi connectivity index (χ1n) is 6.70. The monoisotopic (exact) mass is 272 g/mol. The zero-order chi connectivity index (χ0) is 13.8. The fourth-order valence-electron chi connectivity index (χ4n) is 2.61. The van der Waals surface area contributed by atoms with Crippen molar-refractivity contribution in [2.75, 3.05) is 13.1 Å². The van der Waals surface area contributed by atoms with E-state index < -0.39 is 0 Å². The van der Waals surface area contributed by atoms with Crippen LogP contribution < -0.4 is 5.73 Å². The van der Waals surface area contributed by atoms with Crippen LogP contribution in [0.5, 0.6) is 0 Å². The topological polar surface area (TPSA) is 29.3 Å². The third kappa shape index (κ3) is 2.77. The Morgan fingerprint density at radius 2 is 1.74 bits per heavy atom. The third-order valence-corrected chi connectivity index (χ3v) is 3.79. The first-order chi connectivity index (χ1) is 9.19. The van der Waals surface area contributed by atoms with E-state index in [9.17, 15) is 0 Å². The van der Waals surface area contributed by atoms with E-state index in [0.29, 0.717) is 4.99 Å². The minimum atomic E-state index is 0.0103. The Morgan fingerprint density at radius 1 is 1.11 bits per heavy atom. The lowest BCUT2D eigenvalue weighted by atomic mass is 9.97. The number of thiocarbonyl (C=S) groups is 1. The summed E-state index contributed by atoms with van der Waals surface area (Å²) in [7, 11) is 0. The number of rotatable bonds is 5. The van der Waals surface area contributed by atoms with Crippen molar-refractivity contribution in [1.82, 2.24) is 4.90 Å². The minimum Gasteiger partial charge on any atom is -0.392 e. The van der Waals surface area contributed by atoms with Crippen LogP contribution in [0, 0.1) is 0 Å². The Morgan fingerprint density at radius 3 is 2.37 bits per heavy atom. The van der Waals surface area contributed by atoms with E-state index in [1.165, 1.54) is 16.3 Å². The summed E-state index contributed by atoms with van der Waals surface area (Å²) in [6.07, 6.45) is 0. The Balaban J connectivity index is 2.59. The number of nitrogens with zero attached hydrogens (tertiary/aromatic N) is 1. The van der Waals surface area contributed by atoms with Gasteiger partial charge in [0.1, 0.15) is 0 Å². The van der Waals surface area contributed by atoms with Crippen LogP contribution in [0.1, 0.15) is 25.5 Å².